The van der Waals surface area contributed by atoms with Crippen molar-refractivity contribution in [2.75, 3.05) is 25.6 Å². The molecule has 1 aromatic heterocycles. The van der Waals surface area contributed by atoms with Gasteiger partial charge in [0, 0.05) is 24.2 Å². The average Bonchev–Trinajstić information content (AvgIpc) is 3.17. The molecule has 4 rings (SSSR count). The second-order valence-electron chi connectivity index (χ2n) is 7.54. The first kappa shape index (κ1) is 20.2. The van der Waals surface area contributed by atoms with Gasteiger partial charge >= 0.3 is 6.03 Å². The molecule has 9 nitrogen and oxygen atoms in total. The summed E-state index contributed by atoms with van der Waals surface area (Å²) in [5.41, 5.74) is 13.5. The highest BCUT2D eigenvalue weighted by Crippen LogP contribution is 2.41. The molecule has 1 unspecified atom stereocenters. The minimum Gasteiger partial charge on any atom is -0.486 e. The highest BCUT2D eigenvalue weighted by molar-refractivity contribution is 5.91. The van der Waals surface area contributed by atoms with Gasteiger partial charge in [-0.05, 0) is 43.5 Å². The number of aromatic nitrogens is 1. The summed E-state index contributed by atoms with van der Waals surface area (Å²) in [5.74, 6) is 1.55. The van der Waals surface area contributed by atoms with Crippen LogP contribution in [0.3, 0.4) is 0 Å². The summed E-state index contributed by atoms with van der Waals surface area (Å²) < 4.78 is 17.2. The largest absolute Gasteiger partial charge is 0.486 e. The second kappa shape index (κ2) is 8.76. The number of para-hydroxylation sites is 1. The summed E-state index contributed by atoms with van der Waals surface area (Å²) >= 11 is 0. The van der Waals surface area contributed by atoms with E-state index in [4.69, 9.17) is 25.7 Å². The number of anilines is 1. The minimum atomic E-state index is -0.304. The lowest BCUT2D eigenvalue weighted by molar-refractivity contribution is 0.0976. The molecule has 9 heteroatoms. The lowest BCUT2D eigenvalue weighted by Gasteiger charge is -2.27. The SMILES string of the molecule is COc1nc(-c2cccc3c2OC(CN)CO3)ccc1NC(=O)N[C@H]1CC[C@@H](N)C1. The van der Waals surface area contributed by atoms with E-state index in [1.165, 1.54) is 7.11 Å². The summed E-state index contributed by atoms with van der Waals surface area (Å²) in [4.78, 5) is 16.9. The molecule has 0 radical (unpaired) electrons. The maximum absolute atomic E-state index is 12.4. The predicted molar refractivity (Wildman–Crippen MR) is 113 cm³/mol. The summed E-state index contributed by atoms with van der Waals surface area (Å²) in [6, 6.07) is 9.10. The molecule has 2 amide bonds. The molecule has 1 aliphatic carbocycles. The molecule has 1 aliphatic heterocycles. The molecule has 1 aromatic carbocycles. The number of ether oxygens (including phenoxy) is 3. The number of benzene rings is 1. The number of pyridine rings is 1. The highest BCUT2D eigenvalue weighted by atomic mass is 16.6. The zero-order valence-corrected chi connectivity index (χ0v) is 16.9. The highest BCUT2D eigenvalue weighted by Gasteiger charge is 2.25. The number of carbonyl (C=O) groups is 1. The van der Waals surface area contributed by atoms with Crippen molar-refractivity contribution >= 4 is 11.7 Å². The lowest BCUT2D eigenvalue weighted by Crippen LogP contribution is -2.37. The van der Waals surface area contributed by atoms with Crippen molar-refractivity contribution in [3.05, 3.63) is 30.3 Å². The van der Waals surface area contributed by atoms with Crippen molar-refractivity contribution in [3.63, 3.8) is 0 Å². The first-order chi connectivity index (χ1) is 14.6. The van der Waals surface area contributed by atoms with Gasteiger partial charge in [-0.1, -0.05) is 6.07 Å². The number of nitrogens with zero attached hydrogens (tertiary/aromatic N) is 1. The van der Waals surface area contributed by atoms with E-state index in [0.717, 1.165) is 24.8 Å². The Bertz CT molecular complexity index is 922. The van der Waals surface area contributed by atoms with Gasteiger partial charge in [-0.15, -0.1) is 0 Å². The fourth-order valence-electron chi connectivity index (χ4n) is 3.78. The summed E-state index contributed by atoms with van der Waals surface area (Å²) in [7, 11) is 1.51. The molecule has 1 fully saturated rings. The molecule has 160 valence electrons. The number of amides is 2. The number of fused-ring (bicyclic) bond motifs is 1. The van der Waals surface area contributed by atoms with Gasteiger partial charge in [-0.3, -0.25) is 0 Å². The number of hydrogen-bond acceptors (Lipinski definition) is 7. The van der Waals surface area contributed by atoms with Crippen LogP contribution in [0.15, 0.2) is 30.3 Å². The number of carbonyl (C=O) groups excluding carboxylic acids is 1. The van der Waals surface area contributed by atoms with Gasteiger partial charge in [-0.25, -0.2) is 9.78 Å². The molecular weight excluding hydrogens is 386 g/mol. The Kier molecular flexibility index (Phi) is 5.91. The van der Waals surface area contributed by atoms with Gasteiger partial charge in [0.25, 0.3) is 0 Å². The van der Waals surface area contributed by atoms with Crippen LogP contribution in [0.1, 0.15) is 19.3 Å². The topological polar surface area (TPSA) is 134 Å². The first-order valence-corrected chi connectivity index (χ1v) is 10.1. The minimum absolute atomic E-state index is 0.0849. The summed E-state index contributed by atoms with van der Waals surface area (Å²) in [6.07, 6.45) is 2.37. The van der Waals surface area contributed by atoms with Crippen LogP contribution in [0.4, 0.5) is 10.5 Å². The third-order valence-electron chi connectivity index (χ3n) is 5.34. The molecule has 2 aromatic rings. The quantitative estimate of drug-likeness (QED) is 0.588. The van der Waals surface area contributed by atoms with Crippen molar-refractivity contribution < 1.29 is 19.0 Å². The Labute approximate surface area is 175 Å². The zero-order chi connectivity index (χ0) is 21.1. The Hall–Kier alpha value is -3.04. The van der Waals surface area contributed by atoms with Crippen LogP contribution >= 0.6 is 0 Å². The zero-order valence-electron chi connectivity index (χ0n) is 16.9. The lowest BCUT2D eigenvalue weighted by atomic mass is 10.1. The standard InChI is InChI=1S/C21H27N5O4/c1-28-20-17(26-21(27)24-13-6-5-12(23)9-13)8-7-16(25-20)15-3-2-4-18-19(15)30-14(10-22)11-29-18/h2-4,7-8,12-14H,5-6,9-11,22-23H2,1H3,(H2,24,26,27)/t12-,13+,14?/m1/s1. The monoisotopic (exact) mass is 413 g/mol. The van der Waals surface area contributed by atoms with Crippen LogP contribution in [0, 0.1) is 0 Å². The number of rotatable bonds is 5. The second-order valence-corrected chi connectivity index (χ2v) is 7.54. The number of nitrogens with two attached hydrogens (primary N) is 2. The summed E-state index contributed by atoms with van der Waals surface area (Å²) in [5, 5.41) is 5.76. The fourth-order valence-corrected chi connectivity index (χ4v) is 3.78. The molecule has 6 N–H and O–H groups in total. The van der Waals surface area contributed by atoms with Crippen molar-refractivity contribution in [2.24, 2.45) is 11.5 Å². The fraction of sp³-hybridized carbons (Fsp3) is 0.429. The third kappa shape index (κ3) is 4.27. The Morgan fingerprint density at radius 1 is 1.30 bits per heavy atom. The van der Waals surface area contributed by atoms with Gasteiger partial charge in [0.15, 0.2) is 11.5 Å². The van der Waals surface area contributed by atoms with Crippen LogP contribution < -0.4 is 36.3 Å². The molecule has 0 saturated heterocycles. The molecule has 2 heterocycles. The average molecular weight is 413 g/mol. The van der Waals surface area contributed by atoms with Gasteiger partial charge in [0.1, 0.15) is 18.4 Å². The van der Waals surface area contributed by atoms with Gasteiger partial charge in [0.05, 0.1) is 12.8 Å². The Morgan fingerprint density at radius 2 is 2.17 bits per heavy atom. The number of hydrogen-bond donors (Lipinski definition) is 4. The molecular formula is C21H27N5O4. The van der Waals surface area contributed by atoms with Crippen LogP contribution in [0.2, 0.25) is 0 Å². The van der Waals surface area contributed by atoms with E-state index in [1.54, 1.807) is 12.1 Å². The Balaban J connectivity index is 1.54. The van der Waals surface area contributed by atoms with Gasteiger partial charge in [0.2, 0.25) is 5.88 Å². The molecule has 0 spiro atoms. The molecule has 3 atom stereocenters. The van der Waals surface area contributed by atoms with Crippen LogP contribution in [-0.2, 0) is 0 Å². The predicted octanol–water partition coefficient (Wildman–Crippen LogP) is 1.86. The van der Waals surface area contributed by atoms with E-state index in [9.17, 15) is 4.79 Å². The van der Waals surface area contributed by atoms with Crippen LogP contribution in [0.25, 0.3) is 11.3 Å². The molecule has 1 saturated carbocycles. The number of methoxy groups -OCH3 is 1. The normalized spacial score (nSPS) is 22.4. The molecule has 2 aliphatic rings. The van der Waals surface area contributed by atoms with Gasteiger partial charge in [-0.2, -0.15) is 0 Å². The number of urea groups is 1. The van der Waals surface area contributed by atoms with Crippen molar-refractivity contribution in [3.8, 4) is 28.6 Å². The van der Waals surface area contributed by atoms with E-state index in [0.29, 0.717) is 41.9 Å². The number of nitrogens with one attached hydrogen (secondary N) is 2. The van der Waals surface area contributed by atoms with Crippen LogP contribution in [0.5, 0.6) is 17.4 Å². The van der Waals surface area contributed by atoms with E-state index in [-0.39, 0.29) is 24.2 Å². The summed E-state index contributed by atoms with van der Waals surface area (Å²) in [6.45, 7) is 0.766. The van der Waals surface area contributed by atoms with Crippen molar-refractivity contribution in [2.45, 2.75) is 37.5 Å². The maximum Gasteiger partial charge on any atom is 0.319 e. The third-order valence-corrected chi connectivity index (χ3v) is 5.34. The Morgan fingerprint density at radius 3 is 2.90 bits per heavy atom. The van der Waals surface area contributed by atoms with Crippen LogP contribution in [-0.4, -0.2) is 49.5 Å². The van der Waals surface area contributed by atoms with E-state index in [1.807, 2.05) is 18.2 Å². The van der Waals surface area contributed by atoms with E-state index in [2.05, 4.69) is 15.6 Å². The van der Waals surface area contributed by atoms with Gasteiger partial charge < -0.3 is 36.3 Å². The van der Waals surface area contributed by atoms with Crippen molar-refractivity contribution in [1.82, 2.24) is 10.3 Å². The van der Waals surface area contributed by atoms with E-state index >= 15 is 0 Å². The first-order valence-electron chi connectivity index (χ1n) is 10.1. The smallest absolute Gasteiger partial charge is 0.319 e. The van der Waals surface area contributed by atoms with E-state index < -0.39 is 0 Å². The van der Waals surface area contributed by atoms with Crippen molar-refractivity contribution in [1.29, 1.82) is 0 Å². The molecule has 30 heavy (non-hydrogen) atoms. The maximum atomic E-state index is 12.4. The molecule has 0 bridgehead atoms.